The summed E-state index contributed by atoms with van der Waals surface area (Å²) in [5.41, 5.74) is 10.0. The van der Waals surface area contributed by atoms with Crippen LogP contribution in [0.1, 0.15) is 34.3 Å². The third-order valence-electron chi connectivity index (χ3n) is 4.85. The van der Waals surface area contributed by atoms with Crippen LogP contribution in [0.2, 0.25) is 0 Å². The number of nitrogens with two attached hydrogens (primary N) is 1. The number of hydrogen-bond acceptors (Lipinski definition) is 7. The monoisotopic (exact) mass is 410 g/mol. The van der Waals surface area contributed by atoms with E-state index >= 15 is 0 Å². The van der Waals surface area contributed by atoms with E-state index in [4.69, 9.17) is 15.5 Å². The molecule has 3 aromatic heterocycles. The first-order valence-electron chi connectivity index (χ1n) is 9.18. The van der Waals surface area contributed by atoms with Gasteiger partial charge >= 0.3 is 0 Å². The Bertz CT molecular complexity index is 1230. The van der Waals surface area contributed by atoms with Crippen molar-refractivity contribution >= 4 is 59.8 Å². The first kappa shape index (κ1) is 17.4. The third-order valence-corrected chi connectivity index (χ3v) is 6.89. The number of thiazole rings is 1. The summed E-state index contributed by atoms with van der Waals surface area (Å²) in [6, 6.07) is 7.81. The maximum atomic E-state index is 12.8. The third kappa shape index (κ3) is 2.89. The molecule has 8 heteroatoms. The van der Waals surface area contributed by atoms with E-state index < -0.39 is 0 Å². The van der Waals surface area contributed by atoms with Gasteiger partial charge in [0.15, 0.2) is 5.13 Å². The van der Waals surface area contributed by atoms with Crippen LogP contribution in [0.25, 0.3) is 20.4 Å². The lowest BCUT2D eigenvalue weighted by molar-refractivity contribution is 0.103. The van der Waals surface area contributed by atoms with Gasteiger partial charge in [-0.3, -0.25) is 10.1 Å². The summed E-state index contributed by atoms with van der Waals surface area (Å²) in [6.07, 6.45) is 3.17. The van der Waals surface area contributed by atoms with Gasteiger partial charge in [-0.15, -0.1) is 11.3 Å². The molecule has 0 fully saturated rings. The van der Waals surface area contributed by atoms with Crippen LogP contribution in [-0.4, -0.2) is 22.5 Å². The SMILES string of the molecule is CCOc1ccc2nc(NC(=O)c3sc4nc5c(cc4c3N)CCC5)sc2c1. The van der Waals surface area contributed by atoms with Gasteiger partial charge in [0.2, 0.25) is 0 Å². The molecule has 1 aliphatic rings. The van der Waals surface area contributed by atoms with Crippen LogP contribution in [-0.2, 0) is 12.8 Å². The predicted molar refractivity (Wildman–Crippen MR) is 115 cm³/mol. The number of rotatable bonds is 4. The van der Waals surface area contributed by atoms with Gasteiger partial charge in [-0.25, -0.2) is 9.97 Å². The van der Waals surface area contributed by atoms with Crippen LogP contribution in [0.5, 0.6) is 5.75 Å². The maximum absolute atomic E-state index is 12.8. The molecular formula is C20H18N4O2S2. The number of fused-ring (bicyclic) bond motifs is 3. The Hall–Kier alpha value is -2.71. The Kier molecular flexibility index (Phi) is 4.17. The number of carbonyl (C=O) groups excluding carboxylic acids is 1. The molecule has 0 saturated heterocycles. The highest BCUT2D eigenvalue weighted by Gasteiger charge is 2.22. The van der Waals surface area contributed by atoms with Crippen molar-refractivity contribution in [3.8, 4) is 5.75 Å². The van der Waals surface area contributed by atoms with E-state index in [0.717, 1.165) is 51.1 Å². The fourth-order valence-corrected chi connectivity index (χ4v) is 5.42. The Balaban J connectivity index is 1.45. The fraction of sp³-hybridized carbons (Fsp3) is 0.250. The number of aromatic nitrogens is 2. The van der Waals surface area contributed by atoms with Crippen molar-refractivity contribution in [3.63, 3.8) is 0 Å². The van der Waals surface area contributed by atoms with Gasteiger partial charge in [-0.1, -0.05) is 11.3 Å². The first-order chi connectivity index (χ1) is 13.6. The van der Waals surface area contributed by atoms with Crippen LogP contribution in [0.4, 0.5) is 10.8 Å². The Morgan fingerprint density at radius 2 is 2.14 bits per heavy atom. The minimum Gasteiger partial charge on any atom is -0.494 e. The molecule has 0 radical (unpaired) electrons. The number of ether oxygens (including phenoxy) is 1. The van der Waals surface area contributed by atoms with E-state index in [-0.39, 0.29) is 5.91 Å². The molecule has 142 valence electrons. The van der Waals surface area contributed by atoms with Crippen molar-refractivity contribution in [3.05, 3.63) is 40.4 Å². The van der Waals surface area contributed by atoms with Gasteiger partial charge in [0.25, 0.3) is 5.91 Å². The molecule has 1 aromatic carbocycles. The van der Waals surface area contributed by atoms with Gasteiger partial charge in [-0.05, 0) is 56.0 Å². The number of benzene rings is 1. The number of nitrogens with zero attached hydrogens (tertiary/aromatic N) is 2. The number of amides is 1. The quantitative estimate of drug-likeness (QED) is 0.512. The molecular weight excluding hydrogens is 392 g/mol. The molecule has 28 heavy (non-hydrogen) atoms. The molecule has 0 atom stereocenters. The van der Waals surface area contributed by atoms with Gasteiger partial charge in [0.1, 0.15) is 15.5 Å². The van der Waals surface area contributed by atoms with Crippen LogP contribution in [0, 0.1) is 0 Å². The molecule has 3 N–H and O–H groups in total. The van der Waals surface area contributed by atoms with Gasteiger partial charge in [0.05, 0.1) is 22.5 Å². The Labute approximate surface area is 169 Å². The van der Waals surface area contributed by atoms with Crippen LogP contribution in [0.15, 0.2) is 24.3 Å². The highest BCUT2D eigenvalue weighted by molar-refractivity contribution is 7.23. The topological polar surface area (TPSA) is 90.1 Å². The lowest BCUT2D eigenvalue weighted by Gasteiger charge is -2.00. The highest BCUT2D eigenvalue weighted by atomic mass is 32.1. The second-order valence-corrected chi connectivity index (χ2v) is 8.71. The van der Waals surface area contributed by atoms with Gasteiger partial charge < -0.3 is 10.5 Å². The molecule has 5 rings (SSSR count). The number of nitrogen functional groups attached to an aromatic ring is 1. The van der Waals surface area contributed by atoms with Crippen molar-refractivity contribution in [2.45, 2.75) is 26.2 Å². The predicted octanol–water partition coefficient (Wildman–Crippen LogP) is 4.63. The van der Waals surface area contributed by atoms with Crippen LogP contribution in [0.3, 0.4) is 0 Å². The second kappa shape index (κ2) is 6.72. The van der Waals surface area contributed by atoms with Gasteiger partial charge in [0, 0.05) is 11.1 Å². The van der Waals surface area contributed by atoms with E-state index in [0.29, 0.717) is 22.3 Å². The zero-order valence-electron chi connectivity index (χ0n) is 15.2. The first-order valence-corrected chi connectivity index (χ1v) is 10.8. The molecule has 0 saturated carbocycles. The number of anilines is 2. The smallest absolute Gasteiger partial charge is 0.269 e. The fourth-order valence-electron chi connectivity index (χ4n) is 3.54. The maximum Gasteiger partial charge on any atom is 0.269 e. The molecule has 0 aliphatic heterocycles. The molecule has 3 heterocycles. The Morgan fingerprint density at radius 3 is 3.00 bits per heavy atom. The molecule has 0 spiro atoms. The minimum atomic E-state index is -0.246. The number of hydrogen-bond donors (Lipinski definition) is 2. The van der Waals surface area contributed by atoms with Crippen LogP contribution < -0.4 is 15.8 Å². The zero-order chi connectivity index (χ0) is 19.3. The van der Waals surface area contributed by atoms with E-state index in [1.165, 1.54) is 28.2 Å². The average Bonchev–Trinajstić information content (AvgIpc) is 3.37. The van der Waals surface area contributed by atoms with E-state index in [1.807, 2.05) is 25.1 Å². The highest BCUT2D eigenvalue weighted by Crippen LogP contribution is 2.37. The number of aryl methyl sites for hydroxylation is 2. The molecule has 1 aliphatic carbocycles. The van der Waals surface area contributed by atoms with Gasteiger partial charge in [-0.2, -0.15) is 0 Å². The molecule has 1 amide bonds. The number of pyridine rings is 1. The van der Waals surface area contributed by atoms with E-state index in [2.05, 4.69) is 16.4 Å². The summed E-state index contributed by atoms with van der Waals surface area (Å²) >= 11 is 2.76. The molecule has 6 nitrogen and oxygen atoms in total. The summed E-state index contributed by atoms with van der Waals surface area (Å²) in [4.78, 5) is 23.4. The average molecular weight is 411 g/mol. The molecule has 4 aromatic rings. The molecule has 0 unspecified atom stereocenters. The lowest BCUT2D eigenvalue weighted by atomic mass is 10.1. The summed E-state index contributed by atoms with van der Waals surface area (Å²) in [5.74, 6) is 0.550. The zero-order valence-corrected chi connectivity index (χ0v) is 16.9. The summed E-state index contributed by atoms with van der Waals surface area (Å²) < 4.78 is 6.49. The van der Waals surface area contributed by atoms with E-state index in [9.17, 15) is 4.79 Å². The number of carbonyl (C=O) groups is 1. The van der Waals surface area contributed by atoms with Crippen molar-refractivity contribution < 1.29 is 9.53 Å². The van der Waals surface area contributed by atoms with E-state index in [1.54, 1.807) is 0 Å². The van der Waals surface area contributed by atoms with Crippen molar-refractivity contribution in [1.82, 2.24) is 9.97 Å². The van der Waals surface area contributed by atoms with Crippen molar-refractivity contribution in [1.29, 1.82) is 0 Å². The van der Waals surface area contributed by atoms with Crippen molar-refractivity contribution in [2.75, 3.05) is 17.7 Å². The summed E-state index contributed by atoms with van der Waals surface area (Å²) in [5, 5.41) is 4.31. The summed E-state index contributed by atoms with van der Waals surface area (Å²) in [7, 11) is 0. The number of thiophene rings is 1. The molecule has 0 bridgehead atoms. The summed E-state index contributed by atoms with van der Waals surface area (Å²) in [6.45, 7) is 2.55. The normalized spacial score (nSPS) is 13.2. The number of nitrogens with one attached hydrogen (secondary N) is 1. The standard InChI is InChI=1S/C20H18N4O2S2/c1-2-26-11-6-7-14-15(9-11)27-20(23-14)24-18(25)17-16(21)12-8-10-4-3-5-13(10)22-19(12)28-17/h6-9H,2-5,21H2,1H3,(H,23,24,25). The van der Waals surface area contributed by atoms with Crippen LogP contribution >= 0.6 is 22.7 Å². The lowest BCUT2D eigenvalue weighted by Crippen LogP contribution is -2.11. The second-order valence-electron chi connectivity index (χ2n) is 6.68. The largest absolute Gasteiger partial charge is 0.494 e. The van der Waals surface area contributed by atoms with Crippen molar-refractivity contribution in [2.24, 2.45) is 0 Å². The Morgan fingerprint density at radius 1 is 1.25 bits per heavy atom. The minimum absolute atomic E-state index is 0.246.